The van der Waals surface area contributed by atoms with E-state index in [0.29, 0.717) is 19.4 Å². The quantitative estimate of drug-likeness (QED) is 0.688. The van der Waals surface area contributed by atoms with Gasteiger partial charge in [-0.1, -0.05) is 0 Å². The van der Waals surface area contributed by atoms with E-state index in [-0.39, 0.29) is 12.5 Å². The number of amides is 3. The summed E-state index contributed by atoms with van der Waals surface area (Å²) >= 11 is 0. The molecule has 7 nitrogen and oxygen atoms in total. The van der Waals surface area contributed by atoms with Crippen LogP contribution in [0.4, 0.5) is 4.79 Å². The molecule has 1 fully saturated rings. The summed E-state index contributed by atoms with van der Waals surface area (Å²) in [5.41, 5.74) is 0. The van der Waals surface area contributed by atoms with Crippen LogP contribution in [-0.2, 0) is 9.59 Å². The van der Waals surface area contributed by atoms with Crippen molar-refractivity contribution in [3.63, 3.8) is 0 Å². The lowest BCUT2D eigenvalue weighted by molar-refractivity contribution is -0.141. The van der Waals surface area contributed by atoms with E-state index in [1.807, 2.05) is 0 Å². The largest absolute Gasteiger partial charge is 0.480 e. The van der Waals surface area contributed by atoms with Crippen molar-refractivity contribution in [2.75, 3.05) is 27.2 Å². The first kappa shape index (κ1) is 13.3. The van der Waals surface area contributed by atoms with Crippen LogP contribution < -0.4 is 5.32 Å². The minimum atomic E-state index is -1.00. The van der Waals surface area contributed by atoms with Gasteiger partial charge in [-0.05, 0) is 12.8 Å². The number of hydrogen-bond acceptors (Lipinski definition) is 3. The Hall–Kier alpha value is -1.79. The van der Waals surface area contributed by atoms with Crippen LogP contribution in [0.2, 0.25) is 0 Å². The van der Waals surface area contributed by atoms with Crippen LogP contribution in [-0.4, -0.2) is 66.0 Å². The number of carbonyl (C=O) groups excluding carboxylic acids is 2. The number of carboxylic acid groups (broad SMARTS) is 1. The Kier molecular flexibility index (Phi) is 4.30. The molecule has 1 atom stereocenters. The van der Waals surface area contributed by atoms with Gasteiger partial charge in [-0.3, -0.25) is 4.79 Å². The molecule has 1 saturated heterocycles. The van der Waals surface area contributed by atoms with Gasteiger partial charge in [-0.2, -0.15) is 0 Å². The molecule has 0 unspecified atom stereocenters. The topological polar surface area (TPSA) is 90.0 Å². The summed E-state index contributed by atoms with van der Waals surface area (Å²) in [5.74, 6) is -1.24. The number of rotatable bonds is 3. The Morgan fingerprint density at radius 2 is 2.06 bits per heavy atom. The molecule has 0 radical (unpaired) electrons. The number of carboxylic acids is 1. The molecule has 7 heteroatoms. The van der Waals surface area contributed by atoms with E-state index in [0.717, 1.165) is 0 Å². The standard InChI is InChI=1S/C10H17N3O4/c1-12(2)8(14)6-11-10(17)13-5-3-4-7(13)9(15)16/h7H,3-6H2,1-2H3,(H,11,17)(H,15,16)/t7-/m0/s1. The van der Waals surface area contributed by atoms with Gasteiger partial charge in [-0.25, -0.2) is 9.59 Å². The van der Waals surface area contributed by atoms with E-state index < -0.39 is 18.0 Å². The summed E-state index contributed by atoms with van der Waals surface area (Å²) in [6.07, 6.45) is 1.14. The summed E-state index contributed by atoms with van der Waals surface area (Å²) < 4.78 is 0. The van der Waals surface area contributed by atoms with Crippen LogP contribution in [0.25, 0.3) is 0 Å². The number of hydrogen-bond donors (Lipinski definition) is 2. The van der Waals surface area contributed by atoms with Gasteiger partial charge in [0.25, 0.3) is 0 Å². The highest BCUT2D eigenvalue weighted by molar-refractivity contribution is 5.86. The Morgan fingerprint density at radius 3 is 2.59 bits per heavy atom. The predicted octanol–water partition coefficient (Wildman–Crippen LogP) is -0.667. The molecule has 1 aliphatic rings. The normalized spacial score (nSPS) is 18.9. The smallest absolute Gasteiger partial charge is 0.326 e. The molecular weight excluding hydrogens is 226 g/mol. The third-order valence-electron chi connectivity index (χ3n) is 2.69. The van der Waals surface area contributed by atoms with Gasteiger partial charge in [0.1, 0.15) is 6.04 Å². The zero-order valence-corrected chi connectivity index (χ0v) is 9.97. The summed E-state index contributed by atoms with van der Waals surface area (Å²) in [6.45, 7) is 0.299. The SMILES string of the molecule is CN(C)C(=O)CNC(=O)N1CCC[C@H]1C(=O)O. The number of likely N-dealkylation sites (tertiary alicyclic amines) is 1. The maximum absolute atomic E-state index is 11.7. The molecule has 2 N–H and O–H groups in total. The fourth-order valence-electron chi connectivity index (χ4n) is 1.68. The van der Waals surface area contributed by atoms with Crippen LogP contribution >= 0.6 is 0 Å². The highest BCUT2D eigenvalue weighted by atomic mass is 16.4. The molecule has 0 aromatic carbocycles. The summed E-state index contributed by atoms with van der Waals surface area (Å²) in [6, 6.07) is -1.27. The second-order valence-electron chi connectivity index (χ2n) is 4.14. The van der Waals surface area contributed by atoms with Crippen molar-refractivity contribution >= 4 is 17.9 Å². The van der Waals surface area contributed by atoms with Gasteiger partial charge >= 0.3 is 12.0 Å². The molecule has 96 valence electrons. The zero-order chi connectivity index (χ0) is 13.0. The number of nitrogens with zero attached hydrogens (tertiary/aromatic N) is 2. The number of carbonyl (C=O) groups is 3. The minimum absolute atomic E-state index is 0.116. The second kappa shape index (κ2) is 5.51. The lowest BCUT2D eigenvalue weighted by Gasteiger charge is -2.22. The lowest BCUT2D eigenvalue weighted by atomic mass is 10.2. The molecule has 0 saturated carbocycles. The predicted molar refractivity (Wildman–Crippen MR) is 59.5 cm³/mol. The van der Waals surface area contributed by atoms with Crippen molar-refractivity contribution in [2.24, 2.45) is 0 Å². The Balaban J connectivity index is 2.47. The highest BCUT2D eigenvalue weighted by Crippen LogP contribution is 2.16. The van der Waals surface area contributed by atoms with Gasteiger partial charge in [0.05, 0.1) is 6.54 Å². The molecule has 17 heavy (non-hydrogen) atoms. The molecule has 1 aliphatic heterocycles. The van der Waals surface area contributed by atoms with Crippen molar-refractivity contribution < 1.29 is 19.5 Å². The molecule has 0 aromatic heterocycles. The Morgan fingerprint density at radius 1 is 1.41 bits per heavy atom. The van der Waals surface area contributed by atoms with E-state index in [1.165, 1.54) is 9.80 Å². The average molecular weight is 243 g/mol. The lowest BCUT2D eigenvalue weighted by Crippen LogP contribution is -2.48. The first-order chi connectivity index (χ1) is 7.93. The molecule has 1 rings (SSSR count). The van der Waals surface area contributed by atoms with Gasteiger partial charge < -0.3 is 20.2 Å². The van der Waals surface area contributed by atoms with Crippen molar-refractivity contribution in [1.82, 2.24) is 15.1 Å². The van der Waals surface area contributed by atoms with E-state index >= 15 is 0 Å². The van der Waals surface area contributed by atoms with Gasteiger partial charge in [0.2, 0.25) is 5.91 Å². The van der Waals surface area contributed by atoms with Crippen molar-refractivity contribution in [3.8, 4) is 0 Å². The summed E-state index contributed by atoms with van der Waals surface area (Å²) in [5, 5.41) is 11.3. The van der Waals surface area contributed by atoms with Crippen LogP contribution in [0.5, 0.6) is 0 Å². The van der Waals surface area contributed by atoms with Crippen molar-refractivity contribution in [2.45, 2.75) is 18.9 Å². The summed E-state index contributed by atoms with van der Waals surface area (Å²) in [4.78, 5) is 36.4. The number of nitrogens with one attached hydrogen (secondary N) is 1. The molecule has 3 amide bonds. The summed E-state index contributed by atoms with van der Waals surface area (Å²) in [7, 11) is 3.18. The maximum Gasteiger partial charge on any atom is 0.326 e. The number of likely N-dealkylation sites (N-methyl/N-ethyl adjacent to an activating group) is 1. The van der Waals surface area contributed by atoms with Gasteiger partial charge in [0.15, 0.2) is 0 Å². The van der Waals surface area contributed by atoms with E-state index in [4.69, 9.17) is 5.11 Å². The highest BCUT2D eigenvalue weighted by Gasteiger charge is 2.33. The molecule has 0 aliphatic carbocycles. The maximum atomic E-state index is 11.7. The van der Waals surface area contributed by atoms with Crippen LogP contribution in [0.3, 0.4) is 0 Å². The van der Waals surface area contributed by atoms with Crippen molar-refractivity contribution in [3.05, 3.63) is 0 Å². The zero-order valence-electron chi connectivity index (χ0n) is 9.97. The third kappa shape index (κ3) is 3.33. The number of aliphatic carboxylic acids is 1. The Bertz CT molecular complexity index is 330. The fraction of sp³-hybridized carbons (Fsp3) is 0.700. The number of urea groups is 1. The molecule has 0 bridgehead atoms. The van der Waals surface area contributed by atoms with Gasteiger partial charge in [0, 0.05) is 20.6 Å². The molecule has 0 aromatic rings. The van der Waals surface area contributed by atoms with Crippen LogP contribution in [0, 0.1) is 0 Å². The van der Waals surface area contributed by atoms with Crippen molar-refractivity contribution in [1.29, 1.82) is 0 Å². The molecular formula is C10H17N3O4. The Labute approximate surface area is 99.4 Å². The van der Waals surface area contributed by atoms with Crippen LogP contribution in [0.15, 0.2) is 0 Å². The van der Waals surface area contributed by atoms with E-state index in [1.54, 1.807) is 14.1 Å². The monoisotopic (exact) mass is 243 g/mol. The first-order valence-corrected chi connectivity index (χ1v) is 5.41. The fourth-order valence-corrected chi connectivity index (χ4v) is 1.68. The second-order valence-corrected chi connectivity index (χ2v) is 4.14. The van der Waals surface area contributed by atoms with Gasteiger partial charge in [-0.15, -0.1) is 0 Å². The van der Waals surface area contributed by atoms with E-state index in [9.17, 15) is 14.4 Å². The molecule has 0 spiro atoms. The van der Waals surface area contributed by atoms with Crippen LogP contribution in [0.1, 0.15) is 12.8 Å². The minimum Gasteiger partial charge on any atom is -0.480 e. The van der Waals surface area contributed by atoms with E-state index in [2.05, 4.69) is 5.32 Å². The average Bonchev–Trinajstić information content (AvgIpc) is 2.73. The third-order valence-corrected chi connectivity index (χ3v) is 2.69. The first-order valence-electron chi connectivity index (χ1n) is 5.41. The molecule has 1 heterocycles.